The third-order valence-corrected chi connectivity index (χ3v) is 3.10. The first-order valence-corrected chi connectivity index (χ1v) is 6.24. The van der Waals surface area contributed by atoms with Crippen LogP contribution in [0.2, 0.25) is 0 Å². The van der Waals surface area contributed by atoms with E-state index in [4.69, 9.17) is 5.26 Å². The molecule has 0 N–H and O–H groups in total. The minimum atomic E-state index is 0.230. The summed E-state index contributed by atoms with van der Waals surface area (Å²) in [6, 6.07) is 2.21. The highest BCUT2D eigenvalue weighted by Gasteiger charge is 2.20. The van der Waals surface area contributed by atoms with Gasteiger partial charge in [-0.15, -0.1) is 0 Å². The van der Waals surface area contributed by atoms with Gasteiger partial charge in [-0.3, -0.25) is 0 Å². The summed E-state index contributed by atoms with van der Waals surface area (Å²) in [6.07, 6.45) is 0.620. The van der Waals surface area contributed by atoms with Crippen molar-refractivity contribution in [3.05, 3.63) is 0 Å². The lowest BCUT2D eigenvalue weighted by Gasteiger charge is -2.32. The number of nitriles is 1. The quantitative estimate of drug-likeness (QED) is 0.678. The number of nitrogens with zero attached hydrogens (tertiary/aromatic N) is 2. The van der Waals surface area contributed by atoms with Gasteiger partial charge in [0.05, 0.1) is 6.07 Å². The zero-order valence-electron chi connectivity index (χ0n) is 10.5. The predicted molar refractivity (Wildman–Crippen MR) is 69.1 cm³/mol. The standard InChI is InChI=1S/C12H24N2S/c1-11(2)8-14(7-5-6-13)9-12(3,4)10-15/h11,15H,5,7-10H2,1-4H3. The van der Waals surface area contributed by atoms with E-state index in [2.05, 4.69) is 51.3 Å². The molecule has 0 aliphatic carbocycles. The zero-order chi connectivity index (χ0) is 11.9. The maximum Gasteiger partial charge on any atom is 0.0635 e. The van der Waals surface area contributed by atoms with E-state index in [-0.39, 0.29) is 5.41 Å². The van der Waals surface area contributed by atoms with Crippen LogP contribution >= 0.6 is 12.6 Å². The Bertz CT molecular complexity index is 206. The number of hydrogen-bond donors (Lipinski definition) is 1. The lowest BCUT2D eigenvalue weighted by molar-refractivity contribution is 0.180. The number of thiol groups is 1. The molecule has 15 heavy (non-hydrogen) atoms. The number of hydrogen-bond acceptors (Lipinski definition) is 3. The monoisotopic (exact) mass is 228 g/mol. The van der Waals surface area contributed by atoms with Crippen molar-refractivity contribution in [2.24, 2.45) is 11.3 Å². The molecule has 0 atom stereocenters. The van der Waals surface area contributed by atoms with Gasteiger partial charge in [-0.2, -0.15) is 17.9 Å². The summed E-state index contributed by atoms with van der Waals surface area (Å²) in [4.78, 5) is 2.38. The van der Waals surface area contributed by atoms with Gasteiger partial charge in [0.1, 0.15) is 0 Å². The summed E-state index contributed by atoms with van der Waals surface area (Å²) in [5, 5.41) is 8.61. The highest BCUT2D eigenvalue weighted by molar-refractivity contribution is 7.80. The van der Waals surface area contributed by atoms with Crippen LogP contribution in [0, 0.1) is 22.7 Å². The third-order valence-electron chi connectivity index (χ3n) is 2.24. The maximum atomic E-state index is 8.61. The van der Waals surface area contributed by atoms with Crippen molar-refractivity contribution >= 4 is 12.6 Å². The van der Waals surface area contributed by atoms with Gasteiger partial charge in [-0.25, -0.2) is 0 Å². The minimum absolute atomic E-state index is 0.230. The van der Waals surface area contributed by atoms with Crippen molar-refractivity contribution in [1.29, 1.82) is 5.26 Å². The van der Waals surface area contributed by atoms with E-state index in [1.54, 1.807) is 0 Å². The summed E-state index contributed by atoms with van der Waals surface area (Å²) in [7, 11) is 0. The molecule has 0 amide bonds. The highest BCUT2D eigenvalue weighted by atomic mass is 32.1. The fourth-order valence-corrected chi connectivity index (χ4v) is 1.71. The summed E-state index contributed by atoms with van der Waals surface area (Å²) >= 11 is 4.37. The molecule has 0 saturated heterocycles. The molecule has 0 fully saturated rings. The molecule has 0 rings (SSSR count). The molecule has 0 unspecified atom stereocenters. The largest absolute Gasteiger partial charge is 0.301 e. The smallest absolute Gasteiger partial charge is 0.0635 e. The van der Waals surface area contributed by atoms with Crippen LogP contribution < -0.4 is 0 Å². The molecule has 88 valence electrons. The summed E-state index contributed by atoms with van der Waals surface area (Å²) < 4.78 is 0. The second kappa shape index (κ2) is 7.14. The Morgan fingerprint density at radius 3 is 2.40 bits per heavy atom. The fourth-order valence-electron chi connectivity index (χ4n) is 1.61. The Labute approximate surface area is 100 Å². The second-order valence-corrected chi connectivity index (χ2v) is 5.68. The van der Waals surface area contributed by atoms with Gasteiger partial charge in [-0.1, -0.05) is 27.7 Å². The van der Waals surface area contributed by atoms with E-state index in [9.17, 15) is 0 Å². The molecule has 0 spiro atoms. The molecule has 0 aliphatic rings. The molecule has 0 aliphatic heterocycles. The van der Waals surface area contributed by atoms with Crippen molar-refractivity contribution in [2.45, 2.75) is 34.1 Å². The first-order valence-electron chi connectivity index (χ1n) is 5.61. The van der Waals surface area contributed by atoms with Gasteiger partial charge in [0.25, 0.3) is 0 Å². The van der Waals surface area contributed by atoms with Gasteiger partial charge in [0, 0.05) is 26.1 Å². The summed E-state index contributed by atoms with van der Waals surface area (Å²) in [5.41, 5.74) is 0.230. The van der Waals surface area contributed by atoms with Crippen molar-refractivity contribution in [3.8, 4) is 6.07 Å². The van der Waals surface area contributed by atoms with Gasteiger partial charge in [0.15, 0.2) is 0 Å². The van der Waals surface area contributed by atoms with E-state index >= 15 is 0 Å². The lowest BCUT2D eigenvalue weighted by Crippen LogP contribution is -2.38. The molecule has 0 radical (unpaired) electrons. The number of rotatable bonds is 7. The lowest BCUT2D eigenvalue weighted by atomic mass is 9.95. The van der Waals surface area contributed by atoms with Gasteiger partial charge >= 0.3 is 0 Å². The molecular weight excluding hydrogens is 204 g/mol. The van der Waals surface area contributed by atoms with Crippen molar-refractivity contribution in [1.82, 2.24) is 4.90 Å². The first kappa shape index (κ1) is 14.8. The molecule has 0 aromatic heterocycles. The van der Waals surface area contributed by atoms with E-state index in [0.717, 1.165) is 25.4 Å². The van der Waals surface area contributed by atoms with Crippen LogP contribution in [0.15, 0.2) is 0 Å². The Balaban J connectivity index is 4.18. The van der Waals surface area contributed by atoms with Crippen LogP contribution in [-0.2, 0) is 0 Å². The topological polar surface area (TPSA) is 27.0 Å². The van der Waals surface area contributed by atoms with Crippen LogP contribution in [-0.4, -0.2) is 30.3 Å². The summed E-state index contributed by atoms with van der Waals surface area (Å²) in [6.45, 7) is 11.8. The third kappa shape index (κ3) is 7.70. The van der Waals surface area contributed by atoms with Gasteiger partial charge in [0.2, 0.25) is 0 Å². The van der Waals surface area contributed by atoms with E-state index in [0.29, 0.717) is 12.3 Å². The Morgan fingerprint density at radius 1 is 1.40 bits per heavy atom. The van der Waals surface area contributed by atoms with Crippen LogP contribution in [0.3, 0.4) is 0 Å². The van der Waals surface area contributed by atoms with Gasteiger partial charge in [-0.05, 0) is 17.1 Å². The first-order chi connectivity index (χ1) is 6.91. The predicted octanol–water partition coefficient (Wildman–Crippen LogP) is 2.81. The molecule has 0 aromatic rings. The molecule has 0 saturated carbocycles. The molecule has 3 heteroatoms. The molecule has 2 nitrogen and oxygen atoms in total. The van der Waals surface area contributed by atoms with Crippen LogP contribution in [0.4, 0.5) is 0 Å². The molecule has 0 aromatic carbocycles. The Hall–Kier alpha value is -0.200. The van der Waals surface area contributed by atoms with Crippen molar-refractivity contribution in [3.63, 3.8) is 0 Å². The van der Waals surface area contributed by atoms with E-state index in [1.807, 2.05) is 0 Å². The van der Waals surface area contributed by atoms with Crippen LogP contribution in [0.25, 0.3) is 0 Å². The molecule has 0 bridgehead atoms. The van der Waals surface area contributed by atoms with Crippen molar-refractivity contribution < 1.29 is 0 Å². The molecule has 0 heterocycles. The average molecular weight is 228 g/mol. The van der Waals surface area contributed by atoms with Crippen molar-refractivity contribution in [2.75, 3.05) is 25.4 Å². The zero-order valence-corrected chi connectivity index (χ0v) is 11.3. The van der Waals surface area contributed by atoms with E-state index in [1.165, 1.54) is 0 Å². The minimum Gasteiger partial charge on any atom is -0.301 e. The van der Waals surface area contributed by atoms with Crippen LogP contribution in [0.1, 0.15) is 34.1 Å². The highest BCUT2D eigenvalue weighted by Crippen LogP contribution is 2.19. The second-order valence-electron chi connectivity index (χ2n) is 5.36. The average Bonchev–Trinajstić information content (AvgIpc) is 2.13. The fraction of sp³-hybridized carbons (Fsp3) is 0.917. The normalized spacial score (nSPS) is 12.1. The van der Waals surface area contributed by atoms with Crippen LogP contribution in [0.5, 0.6) is 0 Å². The molecular formula is C12H24N2S. The van der Waals surface area contributed by atoms with E-state index < -0.39 is 0 Å². The Morgan fingerprint density at radius 2 is 2.00 bits per heavy atom. The Kier molecular flexibility index (Phi) is 7.04. The maximum absolute atomic E-state index is 8.61. The van der Waals surface area contributed by atoms with Gasteiger partial charge < -0.3 is 4.90 Å². The SMILES string of the molecule is CC(C)CN(CCC#N)CC(C)(C)CS. The summed E-state index contributed by atoms with van der Waals surface area (Å²) in [5.74, 6) is 1.54.